The Morgan fingerprint density at radius 1 is 1.23 bits per heavy atom. The molecule has 1 heterocycles. The Hall–Kier alpha value is -3.23. The number of aromatic nitrogens is 1. The molecule has 8 nitrogen and oxygen atoms in total. The molecule has 0 saturated heterocycles. The van der Waals surface area contributed by atoms with Crippen molar-refractivity contribution in [3.63, 3.8) is 0 Å². The zero-order chi connectivity index (χ0) is 19.1. The number of carbonyl (C=O) groups excluding carboxylic acids is 3. The van der Waals surface area contributed by atoms with E-state index in [2.05, 4.69) is 20.3 Å². The number of amides is 2. The first-order chi connectivity index (χ1) is 12.4. The lowest BCUT2D eigenvalue weighted by Crippen LogP contribution is -2.46. The molecule has 0 fully saturated rings. The molecule has 0 spiro atoms. The van der Waals surface area contributed by atoms with Crippen LogP contribution in [0, 0.1) is 11.7 Å². The van der Waals surface area contributed by atoms with Crippen LogP contribution < -0.4 is 10.6 Å². The van der Waals surface area contributed by atoms with Gasteiger partial charge in [-0.15, -0.1) is 0 Å². The fourth-order valence-electron chi connectivity index (χ4n) is 2.04. The van der Waals surface area contributed by atoms with E-state index in [1.165, 1.54) is 30.5 Å². The number of hydrogen-bond acceptors (Lipinski definition) is 6. The van der Waals surface area contributed by atoms with E-state index in [4.69, 9.17) is 4.74 Å². The van der Waals surface area contributed by atoms with Crippen LogP contribution in [0.4, 0.5) is 10.2 Å². The molecule has 0 radical (unpaired) electrons. The van der Waals surface area contributed by atoms with Crippen LogP contribution in [0.3, 0.4) is 0 Å². The van der Waals surface area contributed by atoms with E-state index >= 15 is 0 Å². The van der Waals surface area contributed by atoms with E-state index in [0.29, 0.717) is 0 Å². The third kappa shape index (κ3) is 5.13. The van der Waals surface area contributed by atoms with Crippen molar-refractivity contribution >= 4 is 23.6 Å². The summed E-state index contributed by atoms with van der Waals surface area (Å²) in [6.07, 6.45) is 1.27. The highest BCUT2D eigenvalue weighted by Gasteiger charge is 2.27. The van der Waals surface area contributed by atoms with Crippen molar-refractivity contribution in [2.75, 3.05) is 11.9 Å². The maximum atomic E-state index is 13.7. The number of hydrogen-bond donors (Lipinski definition) is 2. The monoisotopic (exact) mass is 363 g/mol. The minimum Gasteiger partial charge on any atom is -0.454 e. The lowest BCUT2D eigenvalue weighted by atomic mass is 10.0. The van der Waals surface area contributed by atoms with Crippen LogP contribution in [0.15, 0.2) is 41.1 Å². The molecule has 2 amide bonds. The molecule has 2 N–H and O–H groups in total. The third-order valence-corrected chi connectivity index (χ3v) is 3.38. The molecule has 26 heavy (non-hydrogen) atoms. The zero-order valence-corrected chi connectivity index (χ0v) is 14.2. The summed E-state index contributed by atoms with van der Waals surface area (Å²) in [5.41, 5.74) is -0.185. The molecule has 0 aliphatic rings. The van der Waals surface area contributed by atoms with Gasteiger partial charge in [0, 0.05) is 6.07 Å². The molecule has 0 aliphatic carbocycles. The van der Waals surface area contributed by atoms with Gasteiger partial charge in [-0.3, -0.25) is 9.59 Å². The predicted octanol–water partition coefficient (Wildman–Crippen LogP) is 1.75. The summed E-state index contributed by atoms with van der Waals surface area (Å²) in [5, 5.41) is 8.28. The summed E-state index contributed by atoms with van der Waals surface area (Å²) in [6.45, 7) is 2.80. The highest BCUT2D eigenvalue weighted by Crippen LogP contribution is 2.10. The van der Waals surface area contributed by atoms with Crippen molar-refractivity contribution in [2.24, 2.45) is 5.92 Å². The second-order valence-corrected chi connectivity index (χ2v) is 5.72. The maximum absolute atomic E-state index is 13.7. The second kappa shape index (κ2) is 8.75. The first kappa shape index (κ1) is 19.1. The van der Waals surface area contributed by atoms with Crippen molar-refractivity contribution < 1.29 is 28.0 Å². The molecular weight excluding hydrogens is 345 g/mol. The number of rotatable bonds is 7. The standard InChI is InChI=1S/C17H18FN3O5/c1-10(2)15(20-16(23)11-5-3-4-6-12(11)18)17(24)25-9-14(22)19-13-7-8-26-21-13/h3-8,10,15H,9H2,1-2H3,(H,20,23)(H,19,21,22)/t15-/m0/s1. The molecule has 9 heteroatoms. The van der Waals surface area contributed by atoms with Crippen molar-refractivity contribution in [3.05, 3.63) is 48.0 Å². The van der Waals surface area contributed by atoms with Crippen LogP contribution in [0.25, 0.3) is 0 Å². The molecule has 0 unspecified atom stereocenters. The Labute approximate surface area is 148 Å². The number of anilines is 1. The van der Waals surface area contributed by atoms with E-state index in [-0.39, 0.29) is 17.3 Å². The molecule has 2 rings (SSSR count). The summed E-state index contributed by atoms with van der Waals surface area (Å²) >= 11 is 0. The quantitative estimate of drug-likeness (QED) is 0.725. The Morgan fingerprint density at radius 3 is 2.58 bits per heavy atom. The lowest BCUT2D eigenvalue weighted by molar-refractivity contribution is -0.150. The first-order valence-corrected chi connectivity index (χ1v) is 7.80. The number of carbonyl (C=O) groups is 3. The maximum Gasteiger partial charge on any atom is 0.329 e. The minimum atomic E-state index is -1.04. The Bertz CT molecular complexity index is 776. The number of benzene rings is 1. The highest BCUT2D eigenvalue weighted by molar-refractivity contribution is 5.97. The largest absolute Gasteiger partial charge is 0.454 e. The van der Waals surface area contributed by atoms with Gasteiger partial charge in [-0.2, -0.15) is 0 Å². The van der Waals surface area contributed by atoms with E-state index < -0.39 is 36.2 Å². The zero-order valence-electron chi connectivity index (χ0n) is 14.2. The molecule has 138 valence electrons. The van der Waals surface area contributed by atoms with Crippen LogP contribution in [-0.2, 0) is 14.3 Å². The molecule has 2 aromatic rings. The molecule has 0 bridgehead atoms. The van der Waals surface area contributed by atoms with Gasteiger partial charge in [-0.05, 0) is 18.1 Å². The van der Waals surface area contributed by atoms with Gasteiger partial charge < -0.3 is 19.9 Å². The molecule has 1 atom stereocenters. The van der Waals surface area contributed by atoms with Crippen molar-refractivity contribution in [2.45, 2.75) is 19.9 Å². The minimum absolute atomic E-state index is 0.180. The van der Waals surface area contributed by atoms with E-state index in [9.17, 15) is 18.8 Å². The highest BCUT2D eigenvalue weighted by atomic mass is 19.1. The number of halogens is 1. The second-order valence-electron chi connectivity index (χ2n) is 5.72. The summed E-state index contributed by atoms with van der Waals surface area (Å²) in [6, 6.07) is 5.79. The van der Waals surface area contributed by atoms with Crippen LogP contribution in [0.5, 0.6) is 0 Å². The number of nitrogens with one attached hydrogen (secondary N) is 2. The molecule has 1 aromatic carbocycles. The van der Waals surface area contributed by atoms with Gasteiger partial charge in [0.2, 0.25) is 0 Å². The topological polar surface area (TPSA) is 111 Å². The SMILES string of the molecule is CC(C)[C@H](NC(=O)c1ccccc1F)C(=O)OCC(=O)Nc1ccon1. The average molecular weight is 363 g/mol. The summed E-state index contributed by atoms with van der Waals surface area (Å²) < 4.78 is 23.2. The summed E-state index contributed by atoms with van der Waals surface area (Å²) in [4.78, 5) is 36.1. The lowest BCUT2D eigenvalue weighted by Gasteiger charge is -2.20. The van der Waals surface area contributed by atoms with Gasteiger partial charge >= 0.3 is 5.97 Å². The normalized spacial score (nSPS) is 11.7. The van der Waals surface area contributed by atoms with Crippen LogP contribution in [0.1, 0.15) is 24.2 Å². The van der Waals surface area contributed by atoms with Gasteiger partial charge in [0.15, 0.2) is 12.4 Å². The number of nitrogens with zero attached hydrogens (tertiary/aromatic N) is 1. The van der Waals surface area contributed by atoms with Gasteiger partial charge in [0.05, 0.1) is 5.56 Å². The van der Waals surface area contributed by atoms with Crippen molar-refractivity contribution in [1.29, 1.82) is 0 Å². The molecular formula is C17H18FN3O5. The summed E-state index contributed by atoms with van der Waals surface area (Å²) in [5.74, 6) is -3.02. The van der Waals surface area contributed by atoms with Gasteiger partial charge in [-0.25, -0.2) is 9.18 Å². The van der Waals surface area contributed by atoms with Gasteiger partial charge in [0.1, 0.15) is 18.1 Å². The Balaban J connectivity index is 1.93. The van der Waals surface area contributed by atoms with Crippen molar-refractivity contribution in [1.82, 2.24) is 10.5 Å². The Morgan fingerprint density at radius 2 is 1.96 bits per heavy atom. The van der Waals surface area contributed by atoms with Crippen LogP contribution in [-0.4, -0.2) is 35.6 Å². The van der Waals surface area contributed by atoms with Crippen molar-refractivity contribution in [3.8, 4) is 0 Å². The first-order valence-electron chi connectivity index (χ1n) is 7.80. The smallest absolute Gasteiger partial charge is 0.329 e. The number of esters is 1. The molecule has 0 aliphatic heterocycles. The third-order valence-electron chi connectivity index (χ3n) is 3.38. The van der Waals surface area contributed by atoms with Crippen LogP contribution >= 0.6 is 0 Å². The van der Waals surface area contributed by atoms with Crippen LogP contribution in [0.2, 0.25) is 0 Å². The molecule has 1 aromatic heterocycles. The Kier molecular flexibility index (Phi) is 6.42. The van der Waals surface area contributed by atoms with Gasteiger partial charge in [-0.1, -0.05) is 31.1 Å². The fourth-order valence-corrected chi connectivity index (χ4v) is 2.04. The number of ether oxygens (including phenoxy) is 1. The molecule has 0 saturated carbocycles. The van der Waals surface area contributed by atoms with E-state index in [0.717, 1.165) is 6.07 Å². The predicted molar refractivity (Wildman–Crippen MR) is 88.6 cm³/mol. The van der Waals surface area contributed by atoms with E-state index in [1.807, 2.05) is 0 Å². The summed E-state index contributed by atoms with van der Waals surface area (Å²) in [7, 11) is 0. The van der Waals surface area contributed by atoms with E-state index in [1.54, 1.807) is 13.8 Å². The average Bonchev–Trinajstić information content (AvgIpc) is 3.10. The fraction of sp³-hybridized carbons (Fsp3) is 0.294. The van der Waals surface area contributed by atoms with Gasteiger partial charge in [0.25, 0.3) is 11.8 Å².